The SMILES string of the molecule is CN1CCC(Oc2ccc(C(=O)N3CCC(O)(Cn4cnc5c(cnn5-c5ccc(Cl)cc5)c4=O)CC3)cc2)CC1. The minimum atomic E-state index is -1.13. The highest BCUT2D eigenvalue weighted by atomic mass is 35.5. The molecule has 2 aromatic carbocycles. The van der Waals surface area contributed by atoms with Crippen molar-refractivity contribution < 1.29 is 14.6 Å². The third kappa shape index (κ3) is 5.86. The lowest BCUT2D eigenvalue weighted by molar-refractivity contribution is -0.0299. The number of hydrogen-bond donors (Lipinski definition) is 1. The van der Waals surface area contributed by atoms with Crippen molar-refractivity contribution in [2.45, 2.75) is 43.9 Å². The molecule has 6 rings (SSSR count). The Hall–Kier alpha value is -3.73. The number of carbonyl (C=O) groups is 1. The molecular formula is C30H33ClN6O4. The monoisotopic (exact) mass is 576 g/mol. The Morgan fingerprint density at radius 2 is 1.73 bits per heavy atom. The van der Waals surface area contributed by atoms with Gasteiger partial charge < -0.3 is 19.6 Å². The smallest absolute Gasteiger partial charge is 0.264 e. The lowest BCUT2D eigenvalue weighted by Crippen LogP contribution is -2.49. The largest absolute Gasteiger partial charge is 0.490 e. The van der Waals surface area contributed by atoms with Gasteiger partial charge in [0.2, 0.25) is 0 Å². The quantitative estimate of drug-likeness (QED) is 0.375. The van der Waals surface area contributed by atoms with Crippen LogP contribution in [0.4, 0.5) is 0 Å². The fourth-order valence-corrected chi connectivity index (χ4v) is 5.71. The van der Waals surface area contributed by atoms with E-state index in [2.05, 4.69) is 22.0 Å². The molecule has 11 heteroatoms. The number of fused-ring (bicyclic) bond motifs is 1. The molecule has 0 spiro atoms. The maximum absolute atomic E-state index is 13.2. The Morgan fingerprint density at radius 1 is 1.05 bits per heavy atom. The molecule has 2 aromatic heterocycles. The fraction of sp³-hybridized carbons (Fsp3) is 0.400. The van der Waals surface area contributed by atoms with Crippen LogP contribution in [0, 0.1) is 0 Å². The van der Waals surface area contributed by atoms with Crippen LogP contribution >= 0.6 is 11.6 Å². The van der Waals surface area contributed by atoms with E-state index in [-0.39, 0.29) is 24.1 Å². The first-order chi connectivity index (χ1) is 19.8. The predicted molar refractivity (Wildman–Crippen MR) is 156 cm³/mol. The van der Waals surface area contributed by atoms with Crippen LogP contribution in [0.15, 0.2) is 65.8 Å². The number of nitrogens with zero attached hydrogens (tertiary/aromatic N) is 6. The predicted octanol–water partition coefficient (Wildman–Crippen LogP) is 3.38. The zero-order valence-corrected chi connectivity index (χ0v) is 23.7. The van der Waals surface area contributed by atoms with Crippen LogP contribution in [0.5, 0.6) is 5.75 Å². The van der Waals surface area contributed by atoms with Crippen molar-refractivity contribution in [3.05, 3.63) is 82.0 Å². The number of likely N-dealkylation sites (tertiary alicyclic amines) is 2. The molecule has 0 aliphatic carbocycles. The second kappa shape index (κ2) is 11.3. The number of carbonyl (C=O) groups excluding carboxylic acids is 1. The van der Waals surface area contributed by atoms with Crippen molar-refractivity contribution in [1.29, 1.82) is 0 Å². The molecule has 0 bridgehead atoms. The first kappa shape index (κ1) is 27.4. The molecule has 10 nitrogen and oxygen atoms in total. The summed E-state index contributed by atoms with van der Waals surface area (Å²) in [4.78, 5) is 34.9. The first-order valence-electron chi connectivity index (χ1n) is 13.9. The molecule has 4 aromatic rings. The van der Waals surface area contributed by atoms with Crippen molar-refractivity contribution in [2.24, 2.45) is 0 Å². The van der Waals surface area contributed by atoms with E-state index >= 15 is 0 Å². The molecule has 4 heterocycles. The van der Waals surface area contributed by atoms with E-state index in [1.54, 1.807) is 46.0 Å². The number of hydrogen-bond acceptors (Lipinski definition) is 7. The van der Waals surface area contributed by atoms with E-state index in [1.807, 2.05) is 12.1 Å². The van der Waals surface area contributed by atoms with Crippen molar-refractivity contribution >= 4 is 28.5 Å². The molecule has 1 N–H and O–H groups in total. The normalized spacial score (nSPS) is 18.1. The van der Waals surface area contributed by atoms with Gasteiger partial charge in [-0.2, -0.15) is 5.10 Å². The van der Waals surface area contributed by atoms with Crippen molar-refractivity contribution in [2.75, 3.05) is 33.2 Å². The third-order valence-electron chi connectivity index (χ3n) is 8.14. The summed E-state index contributed by atoms with van der Waals surface area (Å²) in [6.07, 6.45) is 5.84. The van der Waals surface area contributed by atoms with Gasteiger partial charge in [0.25, 0.3) is 11.5 Å². The van der Waals surface area contributed by atoms with Gasteiger partial charge in [-0.05, 0) is 81.3 Å². The van der Waals surface area contributed by atoms with Gasteiger partial charge in [-0.1, -0.05) is 11.6 Å². The van der Waals surface area contributed by atoms with Gasteiger partial charge in [-0.25, -0.2) is 9.67 Å². The van der Waals surface area contributed by atoms with E-state index in [4.69, 9.17) is 16.3 Å². The van der Waals surface area contributed by atoms with Crippen molar-refractivity contribution in [3.63, 3.8) is 0 Å². The first-order valence-corrected chi connectivity index (χ1v) is 14.3. The Labute approximate surface area is 242 Å². The molecule has 2 aliphatic rings. The van der Waals surface area contributed by atoms with Crippen LogP contribution in [-0.4, -0.2) is 85.1 Å². The van der Waals surface area contributed by atoms with Gasteiger partial charge >= 0.3 is 0 Å². The summed E-state index contributed by atoms with van der Waals surface area (Å²) in [5, 5.41) is 16.6. The average Bonchev–Trinajstić information content (AvgIpc) is 3.42. The van der Waals surface area contributed by atoms with Crippen LogP contribution < -0.4 is 10.3 Å². The van der Waals surface area contributed by atoms with Gasteiger partial charge in [0.1, 0.15) is 23.6 Å². The van der Waals surface area contributed by atoms with Crippen LogP contribution in [0.25, 0.3) is 16.7 Å². The Morgan fingerprint density at radius 3 is 2.41 bits per heavy atom. The maximum Gasteiger partial charge on any atom is 0.264 e. The molecule has 2 saturated heterocycles. The van der Waals surface area contributed by atoms with Gasteiger partial charge in [0.15, 0.2) is 5.65 Å². The Kier molecular flexibility index (Phi) is 7.54. The molecule has 2 aliphatic heterocycles. The van der Waals surface area contributed by atoms with Gasteiger partial charge in [-0.15, -0.1) is 0 Å². The fourth-order valence-electron chi connectivity index (χ4n) is 5.59. The summed E-state index contributed by atoms with van der Waals surface area (Å²) in [6.45, 7) is 2.92. The van der Waals surface area contributed by atoms with E-state index < -0.39 is 5.60 Å². The van der Waals surface area contributed by atoms with E-state index in [1.165, 1.54) is 17.1 Å². The van der Waals surface area contributed by atoms with Gasteiger partial charge in [0.05, 0.1) is 24.0 Å². The number of ether oxygens (including phenoxy) is 1. The topological polar surface area (TPSA) is 106 Å². The summed E-state index contributed by atoms with van der Waals surface area (Å²) >= 11 is 5.99. The zero-order valence-electron chi connectivity index (χ0n) is 22.9. The molecule has 214 valence electrons. The highest BCUT2D eigenvalue weighted by Crippen LogP contribution is 2.26. The summed E-state index contributed by atoms with van der Waals surface area (Å²) in [5.74, 6) is 0.701. The number of benzene rings is 2. The molecule has 0 unspecified atom stereocenters. The summed E-state index contributed by atoms with van der Waals surface area (Å²) in [5.41, 5.74) is 0.362. The minimum Gasteiger partial charge on any atom is -0.490 e. The Balaban J connectivity index is 1.08. The van der Waals surface area contributed by atoms with Crippen LogP contribution in [0.2, 0.25) is 5.02 Å². The average molecular weight is 577 g/mol. The summed E-state index contributed by atoms with van der Waals surface area (Å²) in [7, 11) is 2.12. The Bertz CT molecular complexity index is 1580. The highest BCUT2D eigenvalue weighted by Gasteiger charge is 2.35. The number of halogens is 1. The molecule has 0 atom stereocenters. The molecule has 0 radical (unpaired) electrons. The maximum atomic E-state index is 13.2. The number of aliphatic hydroxyl groups is 1. The van der Waals surface area contributed by atoms with Crippen molar-refractivity contribution in [1.82, 2.24) is 29.1 Å². The van der Waals surface area contributed by atoms with Gasteiger partial charge in [-0.3, -0.25) is 14.2 Å². The molecule has 0 saturated carbocycles. The van der Waals surface area contributed by atoms with Gasteiger partial charge in [0, 0.05) is 36.8 Å². The molecule has 1 amide bonds. The number of piperidine rings is 2. The minimum absolute atomic E-state index is 0.0762. The standard InChI is InChI=1S/C30H33ClN6O4/c1-34-14-10-25(11-15-34)41-24-8-2-21(3-9-24)28(38)35-16-12-30(40,13-17-35)19-36-20-32-27-26(29(36)39)18-33-37(27)23-6-4-22(31)5-7-23/h2-9,18,20,25,40H,10-17,19H2,1H3. The van der Waals surface area contributed by atoms with E-state index in [0.717, 1.165) is 37.4 Å². The molecular weight excluding hydrogens is 544 g/mol. The second-order valence-corrected chi connectivity index (χ2v) is 11.5. The van der Waals surface area contributed by atoms with E-state index in [9.17, 15) is 14.7 Å². The highest BCUT2D eigenvalue weighted by molar-refractivity contribution is 6.30. The van der Waals surface area contributed by atoms with E-state index in [0.29, 0.717) is 47.6 Å². The summed E-state index contributed by atoms with van der Waals surface area (Å²) < 4.78 is 9.12. The second-order valence-electron chi connectivity index (χ2n) is 11.1. The van der Waals surface area contributed by atoms with Crippen LogP contribution in [-0.2, 0) is 6.54 Å². The van der Waals surface area contributed by atoms with Crippen LogP contribution in [0.3, 0.4) is 0 Å². The molecule has 41 heavy (non-hydrogen) atoms. The molecule has 2 fully saturated rings. The summed E-state index contributed by atoms with van der Waals surface area (Å²) in [6, 6.07) is 14.4. The van der Waals surface area contributed by atoms with Crippen LogP contribution in [0.1, 0.15) is 36.0 Å². The lowest BCUT2D eigenvalue weighted by Gasteiger charge is -2.38. The number of rotatable bonds is 6. The third-order valence-corrected chi connectivity index (χ3v) is 8.39. The number of amides is 1. The zero-order chi connectivity index (χ0) is 28.6. The van der Waals surface area contributed by atoms with Crippen molar-refractivity contribution in [3.8, 4) is 11.4 Å². The number of aromatic nitrogens is 4. The lowest BCUT2D eigenvalue weighted by atomic mass is 9.91.